The third-order valence-corrected chi connectivity index (χ3v) is 6.88. The van der Waals surface area contributed by atoms with Crippen LogP contribution in [-0.2, 0) is 33.6 Å². The minimum Gasteiger partial charge on any atom is -0.481 e. The van der Waals surface area contributed by atoms with Gasteiger partial charge in [-0.2, -0.15) is 0 Å². The van der Waals surface area contributed by atoms with Gasteiger partial charge in [-0.3, -0.25) is 33.8 Å². The number of amides is 5. The Morgan fingerprint density at radius 3 is 1.81 bits per heavy atom. The molecular weight excluding hydrogens is 620 g/mol. The maximum Gasteiger partial charge on any atom is 0.305 e. The summed E-state index contributed by atoms with van der Waals surface area (Å²) in [6.45, 7) is 6.41. The first-order chi connectivity index (χ1) is 21.9. The van der Waals surface area contributed by atoms with E-state index in [2.05, 4.69) is 31.6 Å². The number of aldehydes is 1. The molecule has 0 heterocycles. The Morgan fingerprint density at radius 2 is 1.32 bits per heavy atom. The van der Waals surface area contributed by atoms with Crippen molar-refractivity contribution >= 4 is 47.8 Å². The predicted molar refractivity (Wildman–Crippen MR) is 171 cm³/mol. The van der Waals surface area contributed by atoms with Gasteiger partial charge in [0, 0.05) is 6.54 Å². The van der Waals surface area contributed by atoms with Crippen LogP contribution in [0.15, 0.2) is 4.99 Å². The van der Waals surface area contributed by atoms with Gasteiger partial charge in [-0.15, -0.1) is 0 Å². The molecule has 0 radical (unpaired) electrons. The molecule has 0 aromatic carbocycles. The smallest absolute Gasteiger partial charge is 0.305 e. The van der Waals surface area contributed by atoms with Gasteiger partial charge in [-0.1, -0.05) is 13.8 Å². The zero-order valence-corrected chi connectivity index (χ0v) is 27.4. The lowest BCUT2D eigenvalue weighted by molar-refractivity contribution is -0.139. The number of aliphatic hydroxyl groups is 1. The first kappa shape index (κ1) is 42.6. The Hall–Kier alpha value is -4.36. The molecule has 0 bridgehead atoms. The van der Waals surface area contributed by atoms with Gasteiger partial charge in [0.05, 0.1) is 24.6 Å². The molecule has 7 atom stereocenters. The topological polar surface area (TPSA) is 337 Å². The Bertz CT molecular complexity index is 1100. The van der Waals surface area contributed by atoms with Crippen LogP contribution in [0.25, 0.3) is 0 Å². The normalized spacial score (nSPS) is 15.4. The van der Waals surface area contributed by atoms with E-state index < -0.39 is 84.3 Å². The third kappa shape index (κ3) is 17.2. The van der Waals surface area contributed by atoms with E-state index in [1.807, 2.05) is 0 Å². The lowest BCUT2D eigenvalue weighted by Crippen LogP contribution is -2.61. The van der Waals surface area contributed by atoms with Crippen LogP contribution in [0.4, 0.5) is 0 Å². The second kappa shape index (κ2) is 22.2. The highest BCUT2D eigenvalue weighted by Gasteiger charge is 2.33. The Morgan fingerprint density at radius 1 is 0.766 bits per heavy atom. The predicted octanol–water partition coefficient (Wildman–Crippen LogP) is -4.35. The second-order valence-electron chi connectivity index (χ2n) is 11.4. The van der Waals surface area contributed by atoms with Crippen molar-refractivity contribution in [2.24, 2.45) is 33.8 Å². The third-order valence-electron chi connectivity index (χ3n) is 6.88. The largest absolute Gasteiger partial charge is 0.481 e. The number of hydrogen-bond acceptors (Lipinski definition) is 11. The number of aliphatic hydroxyl groups excluding tert-OH is 1. The number of hydrogen-bond donors (Lipinski definition) is 11. The zero-order valence-electron chi connectivity index (χ0n) is 27.4. The molecule has 15 N–H and O–H groups in total. The molecule has 0 fully saturated rings. The number of nitrogens with zero attached hydrogens (tertiary/aromatic N) is 1. The molecule has 19 heteroatoms. The first-order valence-electron chi connectivity index (χ1n) is 15.3. The van der Waals surface area contributed by atoms with Gasteiger partial charge < -0.3 is 64.5 Å². The summed E-state index contributed by atoms with van der Waals surface area (Å²) in [7, 11) is 0. The zero-order chi connectivity index (χ0) is 36.3. The maximum atomic E-state index is 13.3. The Balaban J connectivity index is 5.85. The number of carbonyl (C=O) groups is 7. The van der Waals surface area contributed by atoms with Crippen LogP contribution < -0.4 is 49.5 Å². The fourth-order valence-electron chi connectivity index (χ4n) is 4.03. The van der Waals surface area contributed by atoms with Gasteiger partial charge in [0.15, 0.2) is 5.96 Å². The molecule has 0 aromatic heterocycles. The van der Waals surface area contributed by atoms with E-state index in [-0.39, 0.29) is 44.0 Å². The Kier molecular flexibility index (Phi) is 20.2. The molecule has 0 rings (SSSR count). The molecule has 0 spiro atoms. The summed E-state index contributed by atoms with van der Waals surface area (Å²) in [4.78, 5) is 90.8. The average molecular weight is 673 g/mol. The minimum absolute atomic E-state index is 0.0504. The molecule has 268 valence electrons. The SMILES string of the molecule is CC(C)[C@H](N)C(=O)N[C@@H](CCCN=C(N)N)C(=O)N[C@H](C(=O)N[C@@H](CCCCN)C(=O)N[C@@H](C)C(=O)N[C@H](C=O)CC(=O)O)[C@@H](C)O. The quantitative estimate of drug-likeness (QED) is 0.0212. The van der Waals surface area contributed by atoms with Gasteiger partial charge in [-0.25, -0.2) is 0 Å². The number of carboxylic acid groups (broad SMARTS) is 1. The van der Waals surface area contributed by atoms with Crippen LogP contribution in [0, 0.1) is 5.92 Å². The monoisotopic (exact) mass is 672 g/mol. The summed E-state index contributed by atoms with van der Waals surface area (Å²) in [6, 6.07) is -7.50. The van der Waals surface area contributed by atoms with Crippen LogP contribution in [-0.4, -0.2) is 113 Å². The van der Waals surface area contributed by atoms with E-state index in [1.165, 1.54) is 13.8 Å². The van der Waals surface area contributed by atoms with Gasteiger partial charge in [-0.05, 0) is 58.4 Å². The lowest BCUT2D eigenvalue weighted by Gasteiger charge is -2.28. The summed E-state index contributed by atoms with van der Waals surface area (Å²) >= 11 is 0. The second-order valence-corrected chi connectivity index (χ2v) is 11.4. The van der Waals surface area contributed by atoms with Crippen LogP contribution in [0.2, 0.25) is 0 Å². The van der Waals surface area contributed by atoms with Crippen LogP contribution >= 0.6 is 0 Å². The molecule has 47 heavy (non-hydrogen) atoms. The molecule has 0 aliphatic rings. The number of unbranched alkanes of at least 4 members (excludes halogenated alkanes) is 1. The molecule has 0 saturated carbocycles. The molecular formula is C28H52N10O9. The van der Waals surface area contributed by atoms with E-state index in [1.54, 1.807) is 13.8 Å². The fraction of sp³-hybridized carbons (Fsp3) is 0.714. The molecule has 5 amide bonds. The van der Waals surface area contributed by atoms with Gasteiger partial charge >= 0.3 is 5.97 Å². The highest BCUT2D eigenvalue weighted by Crippen LogP contribution is 2.07. The van der Waals surface area contributed by atoms with Gasteiger partial charge in [0.25, 0.3) is 0 Å². The molecule has 0 aliphatic carbocycles. The van der Waals surface area contributed by atoms with E-state index in [9.17, 15) is 38.7 Å². The molecule has 19 nitrogen and oxygen atoms in total. The molecule has 0 aromatic rings. The van der Waals surface area contributed by atoms with E-state index in [4.69, 9.17) is 28.0 Å². The van der Waals surface area contributed by atoms with Crippen molar-refractivity contribution in [3.63, 3.8) is 0 Å². The number of rotatable bonds is 23. The highest BCUT2D eigenvalue weighted by molar-refractivity contribution is 5.96. The van der Waals surface area contributed by atoms with E-state index in [0.717, 1.165) is 0 Å². The van der Waals surface area contributed by atoms with Crippen LogP contribution in [0.3, 0.4) is 0 Å². The van der Waals surface area contributed by atoms with Crippen molar-refractivity contribution in [2.45, 2.75) is 109 Å². The summed E-state index contributed by atoms with van der Waals surface area (Å²) < 4.78 is 0. The number of carbonyl (C=O) groups excluding carboxylic acids is 6. The van der Waals surface area contributed by atoms with Crippen molar-refractivity contribution in [1.29, 1.82) is 0 Å². The number of carboxylic acids is 1. The van der Waals surface area contributed by atoms with Crippen LogP contribution in [0.1, 0.15) is 66.2 Å². The highest BCUT2D eigenvalue weighted by atomic mass is 16.4. The van der Waals surface area contributed by atoms with Crippen molar-refractivity contribution in [1.82, 2.24) is 26.6 Å². The molecule has 0 unspecified atom stereocenters. The minimum atomic E-state index is -1.58. The standard InChI is InChI=1S/C28H52N10O9/c1-14(2)21(30)26(46)36-19(9-7-11-33-28(31)32)25(45)38-22(16(4)40)27(47)37-18(8-5-6-10-29)24(44)34-15(3)23(43)35-17(13-39)12-20(41)42/h13-19,21-22,40H,5-12,29-30H2,1-4H3,(H,34,44)(H,35,43)(H,36,46)(H,37,47)(H,38,45)(H,41,42)(H4,31,32,33)/t15-,16+,17-,18-,19-,21-,22-/m0/s1. The summed E-state index contributed by atoms with van der Waals surface area (Å²) in [5, 5.41) is 31.3. The van der Waals surface area contributed by atoms with E-state index >= 15 is 0 Å². The number of nitrogens with one attached hydrogen (secondary N) is 5. The number of aliphatic carboxylic acids is 1. The van der Waals surface area contributed by atoms with Gasteiger partial charge in [0.2, 0.25) is 29.5 Å². The van der Waals surface area contributed by atoms with Crippen molar-refractivity contribution < 1.29 is 43.8 Å². The van der Waals surface area contributed by atoms with E-state index in [0.29, 0.717) is 19.4 Å². The Labute approximate surface area is 273 Å². The number of nitrogens with two attached hydrogens (primary N) is 4. The summed E-state index contributed by atoms with van der Waals surface area (Å²) in [5.41, 5.74) is 22.2. The lowest BCUT2D eigenvalue weighted by atomic mass is 10.0. The fourth-order valence-corrected chi connectivity index (χ4v) is 4.03. The van der Waals surface area contributed by atoms with Crippen molar-refractivity contribution in [2.75, 3.05) is 13.1 Å². The summed E-state index contributed by atoms with van der Waals surface area (Å²) in [6.07, 6.45) is -0.620. The van der Waals surface area contributed by atoms with Crippen molar-refractivity contribution in [3.8, 4) is 0 Å². The molecule has 0 saturated heterocycles. The first-order valence-corrected chi connectivity index (χ1v) is 15.3. The number of guanidine groups is 1. The number of aliphatic imine (C=N–C) groups is 1. The van der Waals surface area contributed by atoms with Gasteiger partial charge in [0.1, 0.15) is 30.5 Å². The molecule has 0 aliphatic heterocycles. The summed E-state index contributed by atoms with van der Waals surface area (Å²) in [5.74, 6) is -5.75. The maximum absolute atomic E-state index is 13.3. The average Bonchev–Trinajstić information content (AvgIpc) is 2.98. The van der Waals surface area contributed by atoms with Crippen molar-refractivity contribution in [3.05, 3.63) is 0 Å². The van der Waals surface area contributed by atoms with Crippen LogP contribution in [0.5, 0.6) is 0 Å².